The van der Waals surface area contributed by atoms with Crippen LogP contribution in [0.1, 0.15) is 15.9 Å². The lowest BCUT2D eigenvalue weighted by atomic mass is 10.1. The molecule has 0 saturated heterocycles. The van der Waals surface area contributed by atoms with Gasteiger partial charge in [0.15, 0.2) is 0 Å². The van der Waals surface area contributed by atoms with E-state index in [-0.39, 0.29) is 5.91 Å². The van der Waals surface area contributed by atoms with Gasteiger partial charge in [-0.2, -0.15) is 0 Å². The van der Waals surface area contributed by atoms with Gasteiger partial charge in [-0.25, -0.2) is 0 Å². The van der Waals surface area contributed by atoms with Gasteiger partial charge in [-0.3, -0.25) is 9.59 Å². The number of carbonyl (C=O) groups excluding carboxylic acids is 2. The highest BCUT2D eigenvalue weighted by molar-refractivity contribution is 6.05. The van der Waals surface area contributed by atoms with Crippen LogP contribution in [-0.4, -0.2) is 18.9 Å². The highest BCUT2D eigenvalue weighted by Crippen LogP contribution is 2.23. The molecule has 0 fully saturated rings. The van der Waals surface area contributed by atoms with E-state index in [1.54, 1.807) is 36.4 Å². The number of para-hydroxylation sites is 4. The molecule has 0 saturated carbocycles. The van der Waals surface area contributed by atoms with E-state index in [0.717, 1.165) is 5.56 Å². The summed E-state index contributed by atoms with van der Waals surface area (Å²) in [6.07, 6.45) is 1.29. The fraction of sp³-hybridized carbons (Fsp3) is 0.0909. The van der Waals surface area contributed by atoms with E-state index in [0.29, 0.717) is 47.8 Å². The molecule has 0 aliphatic carbocycles. The van der Waals surface area contributed by atoms with Gasteiger partial charge >= 0.3 is 0 Å². The minimum absolute atomic E-state index is 0.213. The van der Waals surface area contributed by atoms with Crippen LogP contribution in [0, 0.1) is 0 Å². The summed E-state index contributed by atoms with van der Waals surface area (Å²) in [5.74, 6) is 0.403. The number of nitrogen functional groups attached to an aromatic ring is 1. The van der Waals surface area contributed by atoms with Gasteiger partial charge in [-0.1, -0.05) is 36.4 Å². The molecule has 0 unspecified atom stereocenters. The summed E-state index contributed by atoms with van der Waals surface area (Å²) < 4.78 is 5.75. The van der Waals surface area contributed by atoms with Gasteiger partial charge in [-0.05, 0) is 42.0 Å². The molecule has 0 spiro atoms. The van der Waals surface area contributed by atoms with Crippen molar-refractivity contribution in [3.8, 4) is 5.75 Å². The van der Waals surface area contributed by atoms with Crippen molar-refractivity contribution in [2.75, 3.05) is 23.0 Å². The average molecular weight is 375 g/mol. The molecule has 0 heterocycles. The number of anilines is 3. The zero-order valence-corrected chi connectivity index (χ0v) is 15.2. The Labute approximate surface area is 163 Å². The van der Waals surface area contributed by atoms with Crippen LogP contribution >= 0.6 is 0 Å². The average Bonchev–Trinajstić information content (AvgIpc) is 2.72. The molecule has 28 heavy (non-hydrogen) atoms. The van der Waals surface area contributed by atoms with Crippen molar-refractivity contribution >= 4 is 29.4 Å². The van der Waals surface area contributed by atoms with E-state index < -0.39 is 0 Å². The Balaban J connectivity index is 1.55. The Morgan fingerprint density at radius 1 is 0.929 bits per heavy atom. The van der Waals surface area contributed by atoms with Crippen LogP contribution in [0.15, 0.2) is 72.8 Å². The summed E-state index contributed by atoms with van der Waals surface area (Å²) >= 11 is 0. The lowest BCUT2D eigenvalue weighted by molar-refractivity contribution is -0.105. The van der Waals surface area contributed by atoms with Crippen LogP contribution in [-0.2, 0) is 11.2 Å². The van der Waals surface area contributed by atoms with Crippen LogP contribution in [0.2, 0.25) is 0 Å². The first-order chi connectivity index (χ1) is 13.7. The monoisotopic (exact) mass is 375 g/mol. The van der Waals surface area contributed by atoms with Crippen molar-refractivity contribution in [3.05, 3.63) is 83.9 Å². The molecule has 3 aromatic carbocycles. The molecule has 0 aliphatic rings. The van der Waals surface area contributed by atoms with E-state index in [9.17, 15) is 9.59 Å². The Morgan fingerprint density at radius 3 is 2.32 bits per heavy atom. The van der Waals surface area contributed by atoms with Crippen molar-refractivity contribution in [1.29, 1.82) is 0 Å². The van der Waals surface area contributed by atoms with Gasteiger partial charge in [0.1, 0.15) is 5.75 Å². The Kier molecular flexibility index (Phi) is 6.25. The number of benzene rings is 3. The summed E-state index contributed by atoms with van der Waals surface area (Å²) in [5, 5.41) is 5.41. The molecule has 142 valence electrons. The third-order valence-corrected chi connectivity index (χ3v) is 4.17. The quantitative estimate of drug-likeness (QED) is 0.413. The molecule has 0 aliphatic heterocycles. The summed E-state index contributed by atoms with van der Waals surface area (Å²) in [4.78, 5) is 23.0. The number of amides is 2. The van der Waals surface area contributed by atoms with E-state index >= 15 is 0 Å². The van der Waals surface area contributed by atoms with Crippen molar-refractivity contribution in [3.63, 3.8) is 0 Å². The van der Waals surface area contributed by atoms with Crippen LogP contribution in [0.5, 0.6) is 5.75 Å². The van der Waals surface area contributed by atoms with E-state index in [2.05, 4.69) is 10.6 Å². The summed E-state index contributed by atoms with van der Waals surface area (Å²) in [7, 11) is 0. The maximum atomic E-state index is 12.3. The lowest BCUT2D eigenvalue weighted by Crippen LogP contribution is -2.13. The van der Waals surface area contributed by atoms with Crippen LogP contribution in [0.4, 0.5) is 17.1 Å². The maximum absolute atomic E-state index is 12.3. The minimum atomic E-state index is -0.213. The summed E-state index contributed by atoms with van der Waals surface area (Å²) in [6.45, 7) is 0.448. The van der Waals surface area contributed by atoms with Crippen molar-refractivity contribution in [2.24, 2.45) is 0 Å². The highest BCUT2D eigenvalue weighted by Gasteiger charge is 2.08. The molecule has 3 aromatic rings. The number of ether oxygens (including phenoxy) is 1. The highest BCUT2D eigenvalue weighted by atomic mass is 16.5. The third-order valence-electron chi connectivity index (χ3n) is 4.17. The van der Waals surface area contributed by atoms with Gasteiger partial charge < -0.3 is 21.1 Å². The Hall–Kier alpha value is -3.80. The lowest BCUT2D eigenvalue weighted by Gasteiger charge is -2.11. The molecule has 0 bridgehead atoms. The smallest absolute Gasteiger partial charge is 0.255 e. The van der Waals surface area contributed by atoms with Gasteiger partial charge in [-0.15, -0.1) is 0 Å². The molecule has 6 heteroatoms. The number of nitrogens with two attached hydrogens (primary N) is 1. The molecule has 4 N–H and O–H groups in total. The molecule has 2 amide bonds. The minimum Gasteiger partial charge on any atom is -0.491 e. The maximum Gasteiger partial charge on any atom is 0.255 e. The van der Waals surface area contributed by atoms with E-state index in [1.165, 1.54) is 0 Å². The molecule has 0 radical (unpaired) electrons. The van der Waals surface area contributed by atoms with Crippen molar-refractivity contribution < 1.29 is 14.3 Å². The van der Waals surface area contributed by atoms with Crippen LogP contribution < -0.4 is 21.1 Å². The topological polar surface area (TPSA) is 93.4 Å². The third kappa shape index (κ3) is 4.88. The molecule has 3 rings (SSSR count). The molecular weight excluding hydrogens is 354 g/mol. The first-order valence-corrected chi connectivity index (χ1v) is 8.84. The van der Waals surface area contributed by atoms with Gasteiger partial charge in [0.05, 0.1) is 23.7 Å². The van der Waals surface area contributed by atoms with Gasteiger partial charge in [0, 0.05) is 12.0 Å². The second-order valence-corrected chi connectivity index (χ2v) is 6.10. The second-order valence-electron chi connectivity index (χ2n) is 6.10. The number of rotatable bonds is 8. The van der Waals surface area contributed by atoms with E-state index in [4.69, 9.17) is 10.5 Å². The summed E-state index contributed by atoms with van der Waals surface area (Å²) in [6, 6.07) is 21.7. The predicted molar refractivity (Wildman–Crippen MR) is 111 cm³/mol. The zero-order chi connectivity index (χ0) is 19.8. The number of hydrogen-bond donors (Lipinski definition) is 3. The fourth-order valence-corrected chi connectivity index (χ4v) is 2.68. The molecule has 0 aromatic heterocycles. The molecule has 6 nitrogen and oxygen atoms in total. The zero-order valence-electron chi connectivity index (χ0n) is 15.2. The Bertz CT molecular complexity index is 955. The van der Waals surface area contributed by atoms with Crippen molar-refractivity contribution in [2.45, 2.75) is 6.42 Å². The van der Waals surface area contributed by atoms with Crippen molar-refractivity contribution in [1.82, 2.24) is 0 Å². The van der Waals surface area contributed by atoms with Gasteiger partial charge in [0.2, 0.25) is 6.41 Å². The number of hydrogen-bond acceptors (Lipinski definition) is 4. The van der Waals surface area contributed by atoms with Crippen LogP contribution in [0.25, 0.3) is 0 Å². The molecular formula is C22H21N3O3. The normalized spacial score (nSPS) is 10.1. The number of nitrogens with one attached hydrogen (secondary N) is 2. The predicted octanol–water partition coefficient (Wildman–Crippen LogP) is 3.71. The van der Waals surface area contributed by atoms with Crippen LogP contribution in [0.3, 0.4) is 0 Å². The van der Waals surface area contributed by atoms with E-state index in [1.807, 2.05) is 36.4 Å². The molecule has 0 atom stereocenters. The largest absolute Gasteiger partial charge is 0.491 e. The Morgan fingerprint density at radius 2 is 1.61 bits per heavy atom. The summed E-state index contributed by atoms with van der Waals surface area (Å²) in [5.41, 5.74) is 9.18. The first-order valence-electron chi connectivity index (χ1n) is 8.84. The number of carbonyl (C=O) groups is 2. The SMILES string of the molecule is Nc1ccccc1NC(=O)c1ccc(CCOc2ccccc2NC=O)cc1. The first kappa shape index (κ1) is 19.0. The second kappa shape index (κ2) is 9.23. The standard InChI is InChI=1S/C22H21N3O3/c23-18-5-1-2-6-19(18)25-22(27)17-11-9-16(10-12-17)13-14-28-21-8-4-3-7-20(21)24-15-26/h1-12,15H,13-14,23H2,(H,24,26)(H,25,27). The fourth-order valence-electron chi connectivity index (χ4n) is 2.68. The van der Waals surface area contributed by atoms with Gasteiger partial charge in [0.25, 0.3) is 5.91 Å².